The van der Waals surface area contributed by atoms with Crippen molar-refractivity contribution in [1.82, 2.24) is 9.88 Å². The highest BCUT2D eigenvalue weighted by atomic mass is 35.5. The first-order valence-corrected chi connectivity index (χ1v) is 7.75. The number of aromatic nitrogens is 1. The van der Waals surface area contributed by atoms with Crippen molar-refractivity contribution in [3.8, 4) is 0 Å². The Kier molecular flexibility index (Phi) is 4.27. The Morgan fingerprint density at radius 1 is 1.27 bits per heavy atom. The van der Waals surface area contributed by atoms with Gasteiger partial charge in [-0.05, 0) is 29.5 Å². The lowest BCUT2D eigenvalue weighted by molar-refractivity contribution is -0.121. The third-order valence-corrected chi connectivity index (χ3v) is 4.42. The maximum Gasteiger partial charge on any atom is 0.266 e. The van der Waals surface area contributed by atoms with Crippen LogP contribution >= 0.6 is 23.4 Å². The van der Waals surface area contributed by atoms with E-state index in [0.29, 0.717) is 20.8 Å². The molecule has 0 bridgehead atoms. The average Bonchev–Trinajstić information content (AvgIpc) is 2.79. The quantitative estimate of drug-likeness (QED) is 0.783. The Balaban J connectivity index is 1.92. The number of hydrogen-bond donors (Lipinski definition) is 0. The largest absolute Gasteiger partial charge is 0.290 e. The monoisotopic (exact) mass is 329 g/mol. The predicted octanol–water partition coefficient (Wildman–Crippen LogP) is 3.97. The van der Waals surface area contributed by atoms with Crippen LogP contribution in [0.4, 0.5) is 5.69 Å². The Bertz CT molecular complexity index is 774. The van der Waals surface area contributed by atoms with Gasteiger partial charge in [0.05, 0.1) is 15.6 Å². The van der Waals surface area contributed by atoms with Gasteiger partial charge in [-0.15, -0.1) is 0 Å². The van der Waals surface area contributed by atoms with E-state index in [4.69, 9.17) is 11.6 Å². The third-order valence-electron chi connectivity index (χ3n) is 3.07. The molecule has 4 nitrogen and oxygen atoms in total. The maximum absolute atomic E-state index is 12.3. The molecule has 2 heterocycles. The highest BCUT2D eigenvalue weighted by Gasteiger charge is 2.30. The molecule has 0 aliphatic carbocycles. The molecule has 22 heavy (non-hydrogen) atoms. The molecule has 0 N–H and O–H groups in total. The Morgan fingerprint density at radius 2 is 2.05 bits per heavy atom. The van der Waals surface area contributed by atoms with Gasteiger partial charge in [0.2, 0.25) is 0 Å². The van der Waals surface area contributed by atoms with Crippen LogP contribution in [0.15, 0.2) is 58.7 Å². The van der Waals surface area contributed by atoms with Gasteiger partial charge in [-0.2, -0.15) is 0 Å². The molecule has 0 unspecified atom stereocenters. The SMILES string of the molecule is CN1C(=O)/C(=C/c2ccccc2)SC1=Nc1ccncc1Cl. The number of benzene rings is 1. The standard InChI is InChI=1S/C16H12ClN3OS/c1-20-15(21)14(9-11-5-3-2-4-6-11)22-16(20)19-13-7-8-18-10-12(13)17/h2-10H,1H3/b14-9-,19-16?. The predicted molar refractivity (Wildman–Crippen MR) is 91.1 cm³/mol. The number of pyridine rings is 1. The molecule has 0 atom stereocenters. The van der Waals surface area contributed by atoms with E-state index in [9.17, 15) is 4.79 Å². The summed E-state index contributed by atoms with van der Waals surface area (Å²) in [6.45, 7) is 0. The fraction of sp³-hybridized carbons (Fsp3) is 0.0625. The van der Waals surface area contributed by atoms with E-state index in [2.05, 4.69) is 9.98 Å². The minimum atomic E-state index is -0.0715. The summed E-state index contributed by atoms with van der Waals surface area (Å²) >= 11 is 7.39. The van der Waals surface area contributed by atoms with Crippen molar-refractivity contribution < 1.29 is 4.79 Å². The molecular weight excluding hydrogens is 318 g/mol. The van der Waals surface area contributed by atoms with Crippen LogP contribution in [0.1, 0.15) is 5.56 Å². The topological polar surface area (TPSA) is 45.6 Å². The second-order valence-electron chi connectivity index (χ2n) is 4.61. The van der Waals surface area contributed by atoms with Crippen molar-refractivity contribution in [2.24, 2.45) is 4.99 Å². The minimum absolute atomic E-state index is 0.0715. The maximum atomic E-state index is 12.3. The Hall–Kier alpha value is -2.11. The average molecular weight is 330 g/mol. The molecule has 0 spiro atoms. The zero-order chi connectivity index (χ0) is 15.5. The van der Waals surface area contributed by atoms with Gasteiger partial charge in [-0.1, -0.05) is 41.9 Å². The van der Waals surface area contributed by atoms with Crippen molar-refractivity contribution in [3.63, 3.8) is 0 Å². The number of amidine groups is 1. The Morgan fingerprint density at radius 3 is 2.77 bits per heavy atom. The zero-order valence-corrected chi connectivity index (χ0v) is 13.3. The molecule has 1 saturated heterocycles. The number of hydrogen-bond acceptors (Lipinski definition) is 4. The van der Waals surface area contributed by atoms with Gasteiger partial charge in [0.1, 0.15) is 0 Å². The van der Waals surface area contributed by atoms with Crippen LogP contribution in [0.25, 0.3) is 6.08 Å². The number of halogens is 1. The second-order valence-corrected chi connectivity index (χ2v) is 6.02. The molecule has 2 aromatic rings. The fourth-order valence-electron chi connectivity index (χ4n) is 1.91. The molecule has 1 aliphatic rings. The number of thioether (sulfide) groups is 1. The zero-order valence-electron chi connectivity index (χ0n) is 11.7. The van der Waals surface area contributed by atoms with E-state index < -0.39 is 0 Å². The summed E-state index contributed by atoms with van der Waals surface area (Å²) in [7, 11) is 1.70. The van der Waals surface area contributed by atoms with Gasteiger partial charge >= 0.3 is 0 Å². The van der Waals surface area contributed by atoms with Gasteiger partial charge in [0, 0.05) is 19.4 Å². The van der Waals surface area contributed by atoms with Gasteiger partial charge in [0.25, 0.3) is 5.91 Å². The molecule has 1 aromatic heterocycles. The summed E-state index contributed by atoms with van der Waals surface area (Å²) in [5.41, 5.74) is 1.58. The van der Waals surface area contributed by atoms with Crippen molar-refractivity contribution >= 4 is 46.2 Å². The van der Waals surface area contributed by atoms with Gasteiger partial charge < -0.3 is 0 Å². The number of amides is 1. The molecule has 1 aliphatic heterocycles. The number of likely N-dealkylation sites (N-methyl/N-ethyl adjacent to an activating group) is 1. The van der Waals surface area contributed by atoms with E-state index >= 15 is 0 Å². The van der Waals surface area contributed by atoms with E-state index in [1.807, 2.05) is 36.4 Å². The summed E-state index contributed by atoms with van der Waals surface area (Å²) in [4.78, 5) is 22.8. The lowest BCUT2D eigenvalue weighted by Crippen LogP contribution is -2.23. The highest BCUT2D eigenvalue weighted by Crippen LogP contribution is 2.34. The van der Waals surface area contributed by atoms with Crippen LogP contribution in [0.3, 0.4) is 0 Å². The van der Waals surface area contributed by atoms with Crippen LogP contribution in [0, 0.1) is 0 Å². The van der Waals surface area contributed by atoms with E-state index in [-0.39, 0.29) is 5.91 Å². The smallest absolute Gasteiger partial charge is 0.266 e. The molecule has 1 amide bonds. The molecular formula is C16H12ClN3OS. The lowest BCUT2D eigenvalue weighted by Gasteiger charge is -2.07. The molecule has 0 radical (unpaired) electrons. The van der Waals surface area contributed by atoms with Crippen molar-refractivity contribution in [2.75, 3.05) is 7.05 Å². The minimum Gasteiger partial charge on any atom is -0.290 e. The molecule has 6 heteroatoms. The Labute approximate surface area is 137 Å². The molecule has 110 valence electrons. The van der Waals surface area contributed by atoms with Crippen LogP contribution in [-0.4, -0.2) is 28.0 Å². The number of nitrogens with zero attached hydrogens (tertiary/aromatic N) is 3. The number of carbonyl (C=O) groups is 1. The first kappa shape index (κ1) is 14.8. The highest BCUT2D eigenvalue weighted by molar-refractivity contribution is 8.18. The molecule has 1 aromatic carbocycles. The summed E-state index contributed by atoms with van der Waals surface area (Å²) in [6, 6.07) is 11.4. The van der Waals surface area contributed by atoms with Crippen LogP contribution < -0.4 is 0 Å². The van der Waals surface area contributed by atoms with Crippen molar-refractivity contribution in [1.29, 1.82) is 0 Å². The first-order chi connectivity index (χ1) is 10.6. The van der Waals surface area contributed by atoms with Gasteiger partial charge in [0.15, 0.2) is 5.17 Å². The first-order valence-electron chi connectivity index (χ1n) is 6.56. The molecule has 0 saturated carbocycles. The summed E-state index contributed by atoms with van der Waals surface area (Å²) in [5, 5.41) is 1.05. The lowest BCUT2D eigenvalue weighted by atomic mass is 10.2. The van der Waals surface area contributed by atoms with Crippen LogP contribution in [-0.2, 0) is 4.79 Å². The van der Waals surface area contributed by atoms with Crippen LogP contribution in [0.5, 0.6) is 0 Å². The van der Waals surface area contributed by atoms with Crippen molar-refractivity contribution in [3.05, 3.63) is 64.3 Å². The number of rotatable bonds is 2. The van der Waals surface area contributed by atoms with E-state index in [0.717, 1.165) is 5.56 Å². The van der Waals surface area contributed by atoms with E-state index in [1.165, 1.54) is 22.9 Å². The van der Waals surface area contributed by atoms with Crippen molar-refractivity contribution in [2.45, 2.75) is 0 Å². The number of carbonyl (C=O) groups excluding carboxylic acids is 1. The third kappa shape index (κ3) is 3.05. The van der Waals surface area contributed by atoms with E-state index in [1.54, 1.807) is 19.3 Å². The van der Waals surface area contributed by atoms with Gasteiger partial charge in [-0.25, -0.2) is 4.99 Å². The van der Waals surface area contributed by atoms with Gasteiger partial charge in [-0.3, -0.25) is 14.7 Å². The summed E-state index contributed by atoms with van der Waals surface area (Å²) < 4.78 is 0. The fourth-order valence-corrected chi connectivity index (χ4v) is 3.06. The normalized spacial score (nSPS) is 18.5. The molecule has 1 fully saturated rings. The summed E-state index contributed by atoms with van der Waals surface area (Å²) in [5.74, 6) is -0.0715. The number of aliphatic imine (C=N–C) groups is 1. The summed E-state index contributed by atoms with van der Waals surface area (Å²) in [6.07, 6.45) is 5.01. The van der Waals surface area contributed by atoms with Crippen LogP contribution in [0.2, 0.25) is 5.02 Å². The molecule has 3 rings (SSSR count). The second kappa shape index (κ2) is 6.34.